The molecule has 1 aliphatic carbocycles. The Hall–Kier alpha value is -4.04. The molecule has 3 heterocycles. The van der Waals surface area contributed by atoms with E-state index >= 15 is 0 Å². The molecule has 14 heteroatoms. The van der Waals surface area contributed by atoms with Crippen LogP contribution in [0.3, 0.4) is 0 Å². The first-order valence-electron chi connectivity index (χ1n) is 13.5. The minimum atomic E-state index is -0.916. The van der Waals surface area contributed by atoms with Crippen molar-refractivity contribution in [3.05, 3.63) is 58.8 Å². The first-order valence-corrected chi connectivity index (χ1v) is 14.4. The van der Waals surface area contributed by atoms with E-state index in [2.05, 4.69) is 25.4 Å². The molecule has 1 amide bonds. The molecule has 1 fully saturated rings. The van der Waals surface area contributed by atoms with E-state index in [1.807, 2.05) is 20.8 Å². The third-order valence-corrected chi connectivity index (χ3v) is 7.63. The number of pyridine rings is 1. The van der Waals surface area contributed by atoms with E-state index in [1.165, 1.54) is 33.8 Å². The minimum absolute atomic E-state index is 0.0137. The molecule has 0 aliphatic heterocycles. The van der Waals surface area contributed by atoms with Crippen molar-refractivity contribution in [3.8, 4) is 10.6 Å². The number of nitrogens with two attached hydrogens (primary N) is 2. The van der Waals surface area contributed by atoms with Gasteiger partial charge in [-0.2, -0.15) is 9.49 Å². The quantitative estimate of drug-likeness (QED) is 0.188. The fourth-order valence-electron chi connectivity index (χ4n) is 4.13. The number of aliphatic imine (C=N–C) groups is 1. The van der Waals surface area contributed by atoms with Crippen LogP contribution >= 0.6 is 11.3 Å². The molecular weight excluding hydrogens is 566 g/mol. The van der Waals surface area contributed by atoms with Gasteiger partial charge in [0.2, 0.25) is 5.95 Å². The Morgan fingerprint density at radius 2 is 1.98 bits per heavy atom. The Bertz CT molecular complexity index is 1490. The fraction of sp³-hybridized carbons (Fsp3) is 0.429. The molecule has 3 aromatic heterocycles. The summed E-state index contributed by atoms with van der Waals surface area (Å²) < 4.78 is 34.9. The highest BCUT2D eigenvalue weighted by Crippen LogP contribution is 2.25. The van der Waals surface area contributed by atoms with Crippen LogP contribution in [0.1, 0.15) is 69.1 Å². The van der Waals surface area contributed by atoms with Crippen molar-refractivity contribution in [1.29, 1.82) is 0 Å². The molecule has 0 aromatic carbocycles. The summed E-state index contributed by atoms with van der Waals surface area (Å²) in [5.41, 5.74) is 11.6. The maximum atomic E-state index is 14.5. The SMILES string of the molecule is CC(C)(C)C(N)C(=O)OCn1cc(-c2nc(C(=O)NC(C=NC3CCCCC3)=C(N)c3nc(F)ccc3F)cs2)cn1. The Morgan fingerprint density at radius 3 is 2.69 bits per heavy atom. The van der Waals surface area contributed by atoms with Crippen LogP contribution in [-0.2, 0) is 16.3 Å². The van der Waals surface area contributed by atoms with Gasteiger partial charge in [-0.1, -0.05) is 40.0 Å². The molecule has 1 saturated carbocycles. The maximum Gasteiger partial charge on any atom is 0.325 e. The Kier molecular flexibility index (Phi) is 9.78. The summed E-state index contributed by atoms with van der Waals surface area (Å²) >= 11 is 1.19. The number of carbonyl (C=O) groups is 2. The predicted octanol–water partition coefficient (Wildman–Crippen LogP) is 4.01. The van der Waals surface area contributed by atoms with Crippen LogP contribution < -0.4 is 16.8 Å². The van der Waals surface area contributed by atoms with Crippen molar-refractivity contribution < 1.29 is 23.1 Å². The average Bonchev–Trinajstić information content (AvgIpc) is 3.64. The van der Waals surface area contributed by atoms with Gasteiger partial charge in [0.15, 0.2) is 12.5 Å². The second-order valence-electron chi connectivity index (χ2n) is 11.1. The molecule has 1 unspecified atom stereocenters. The van der Waals surface area contributed by atoms with E-state index in [-0.39, 0.29) is 29.9 Å². The first kappa shape index (κ1) is 30.9. The number of carbonyl (C=O) groups excluding carboxylic acids is 2. The largest absolute Gasteiger partial charge is 0.441 e. The van der Waals surface area contributed by atoms with Gasteiger partial charge >= 0.3 is 5.97 Å². The fourth-order valence-corrected chi connectivity index (χ4v) is 4.90. The van der Waals surface area contributed by atoms with Crippen molar-refractivity contribution in [2.75, 3.05) is 0 Å². The number of hydrogen-bond acceptors (Lipinski definition) is 10. The Morgan fingerprint density at radius 1 is 1.24 bits per heavy atom. The van der Waals surface area contributed by atoms with Crippen molar-refractivity contribution >= 4 is 35.1 Å². The van der Waals surface area contributed by atoms with Crippen molar-refractivity contribution in [2.45, 2.75) is 71.7 Å². The number of aromatic nitrogens is 4. The number of hydrogen-bond donors (Lipinski definition) is 3. The van der Waals surface area contributed by atoms with Crippen LogP contribution in [0.4, 0.5) is 8.78 Å². The standard InChI is InChI=1S/C28H34F2N8O3S/c1-28(2,3)24(32)27(40)41-15-38-13-16(11-34-38)26-36-20(14-42-26)25(39)35-19(12-33-17-7-5-4-6-8-17)22(31)23-18(29)9-10-21(30)37-23/h9-14,17,24H,4-8,15,31-32H2,1-3H3,(H,35,39). The smallest absolute Gasteiger partial charge is 0.325 e. The number of rotatable bonds is 9. The number of thiazole rings is 1. The lowest BCUT2D eigenvalue weighted by atomic mass is 9.87. The highest BCUT2D eigenvalue weighted by Gasteiger charge is 2.29. The molecule has 11 nitrogen and oxygen atoms in total. The van der Waals surface area contributed by atoms with Gasteiger partial charge < -0.3 is 21.5 Å². The second-order valence-corrected chi connectivity index (χ2v) is 11.9. The molecule has 0 bridgehead atoms. The highest BCUT2D eigenvalue weighted by molar-refractivity contribution is 7.13. The molecular formula is C28H34F2N8O3S. The third-order valence-electron chi connectivity index (χ3n) is 6.74. The monoisotopic (exact) mass is 600 g/mol. The average molecular weight is 601 g/mol. The molecule has 1 atom stereocenters. The summed E-state index contributed by atoms with van der Waals surface area (Å²) in [4.78, 5) is 37.9. The number of nitrogens with one attached hydrogen (secondary N) is 1. The molecule has 224 valence electrons. The van der Waals surface area contributed by atoms with E-state index in [9.17, 15) is 18.4 Å². The summed E-state index contributed by atoms with van der Waals surface area (Å²) in [7, 11) is 0. The van der Waals surface area contributed by atoms with Crippen LogP contribution in [-0.4, -0.2) is 49.9 Å². The van der Waals surface area contributed by atoms with Gasteiger partial charge in [0.05, 0.1) is 23.6 Å². The number of allylic oxidation sites excluding steroid dienone is 1. The summed E-state index contributed by atoms with van der Waals surface area (Å²) in [6.45, 7) is 5.39. The zero-order valence-corrected chi connectivity index (χ0v) is 24.5. The van der Waals surface area contributed by atoms with E-state index in [1.54, 1.807) is 6.20 Å². The molecule has 0 saturated heterocycles. The van der Waals surface area contributed by atoms with Gasteiger partial charge in [0, 0.05) is 23.4 Å². The van der Waals surface area contributed by atoms with Crippen LogP contribution in [0.15, 0.2) is 40.6 Å². The lowest BCUT2D eigenvalue weighted by Gasteiger charge is -2.24. The zero-order valence-electron chi connectivity index (χ0n) is 23.6. The summed E-state index contributed by atoms with van der Waals surface area (Å²) in [5.74, 6) is -2.93. The van der Waals surface area contributed by atoms with Crippen LogP contribution in [0.2, 0.25) is 0 Å². The summed E-state index contributed by atoms with van der Waals surface area (Å²) in [5, 5.41) is 8.84. The van der Waals surface area contributed by atoms with E-state index < -0.39 is 40.8 Å². The molecule has 4 rings (SSSR count). The summed E-state index contributed by atoms with van der Waals surface area (Å²) in [6, 6.07) is 1.04. The molecule has 42 heavy (non-hydrogen) atoms. The second kappa shape index (κ2) is 13.3. The van der Waals surface area contributed by atoms with E-state index in [0.29, 0.717) is 10.6 Å². The number of esters is 1. The topological polar surface area (TPSA) is 163 Å². The minimum Gasteiger partial charge on any atom is -0.441 e. The van der Waals surface area contributed by atoms with Gasteiger partial charge in [-0.3, -0.25) is 14.6 Å². The normalized spacial score (nSPS) is 15.9. The number of nitrogens with zero attached hydrogens (tertiary/aromatic N) is 5. The number of halogens is 2. The summed E-state index contributed by atoms with van der Waals surface area (Å²) in [6.07, 6.45) is 9.49. The maximum absolute atomic E-state index is 14.5. The zero-order chi connectivity index (χ0) is 30.4. The number of amides is 1. The van der Waals surface area contributed by atoms with Crippen LogP contribution in [0.5, 0.6) is 0 Å². The van der Waals surface area contributed by atoms with E-state index in [4.69, 9.17) is 16.2 Å². The van der Waals surface area contributed by atoms with Crippen molar-refractivity contribution in [3.63, 3.8) is 0 Å². The lowest BCUT2D eigenvalue weighted by Crippen LogP contribution is -2.43. The molecule has 0 spiro atoms. The molecule has 1 aliphatic rings. The van der Waals surface area contributed by atoms with Crippen molar-refractivity contribution in [1.82, 2.24) is 25.1 Å². The van der Waals surface area contributed by atoms with Gasteiger partial charge in [0.1, 0.15) is 22.4 Å². The van der Waals surface area contributed by atoms with Crippen molar-refractivity contribution in [2.24, 2.45) is 21.9 Å². The third kappa shape index (κ3) is 7.82. The lowest BCUT2D eigenvalue weighted by molar-refractivity contribution is -0.152. The molecule has 0 radical (unpaired) electrons. The van der Waals surface area contributed by atoms with Gasteiger partial charge in [-0.15, -0.1) is 11.3 Å². The molecule has 5 N–H and O–H groups in total. The van der Waals surface area contributed by atoms with Gasteiger partial charge in [0.25, 0.3) is 5.91 Å². The Labute approximate surface area is 246 Å². The van der Waals surface area contributed by atoms with E-state index in [0.717, 1.165) is 44.2 Å². The Balaban J connectivity index is 1.50. The van der Waals surface area contributed by atoms with Gasteiger partial charge in [-0.05, 0) is 30.4 Å². The first-order chi connectivity index (χ1) is 19.9. The van der Waals surface area contributed by atoms with Crippen LogP contribution in [0, 0.1) is 17.2 Å². The number of ether oxygens (including phenoxy) is 1. The predicted molar refractivity (Wildman–Crippen MR) is 155 cm³/mol. The van der Waals surface area contributed by atoms with Gasteiger partial charge in [-0.25, -0.2) is 19.0 Å². The highest BCUT2D eigenvalue weighted by atomic mass is 32.1. The van der Waals surface area contributed by atoms with Crippen LogP contribution in [0.25, 0.3) is 16.3 Å². The molecule has 3 aromatic rings.